The summed E-state index contributed by atoms with van der Waals surface area (Å²) in [6.07, 6.45) is 1.55. The van der Waals surface area contributed by atoms with E-state index in [0.717, 1.165) is 10.9 Å². The molecule has 3 aromatic rings. The third-order valence-corrected chi connectivity index (χ3v) is 3.63. The van der Waals surface area contributed by atoms with E-state index in [1.165, 1.54) is 0 Å². The fourth-order valence-corrected chi connectivity index (χ4v) is 2.54. The molecule has 0 fully saturated rings. The maximum Gasteiger partial charge on any atom is 0.103 e. The number of nitrogens with one attached hydrogen (secondary N) is 1. The van der Waals surface area contributed by atoms with Gasteiger partial charge in [0.1, 0.15) is 6.07 Å². The molecule has 0 spiro atoms. The highest BCUT2D eigenvalue weighted by Crippen LogP contribution is 2.32. The van der Waals surface area contributed by atoms with Crippen molar-refractivity contribution in [3.05, 3.63) is 64.3 Å². The maximum absolute atomic E-state index is 9.29. The Morgan fingerprint density at radius 3 is 2.67 bits per heavy atom. The Hall–Kier alpha value is -2.28. The quantitative estimate of drug-likeness (QED) is 0.711. The molecule has 0 saturated carbocycles. The summed E-state index contributed by atoms with van der Waals surface area (Å²) in [5.74, 6) is 0. The predicted octanol–water partition coefficient (Wildman–Crippen LogP) is 5.16. The Labute approximate surface area is 131 Å². The molecule has 0 aliphatic rings. The summed E-state index contributed by atoms with van der Waals surface area (Å²) in [5, 5.41) is 14.4. The van der Waals surface area contributed by atoms with Gasteiger partial charge in [-0.3, -0.25) is 4.98 Å². The Balaban J connectivity index is 2.17. The highest BCUT2D eigenvalue weighted by molar-refractivity contribution is 6.36. The van der Waals surface area contributed by atoms with Gasteiger partial charge in [0.15, 0.2) is 0 Å². The smallest absolute Gasteiger partial charge is 0.103 e. The molecule has 0 atom stereocenters. The highest BCUT2D eigenvalue weighted by atomic mass is 35.5. The van der Waals surface area contributed by atoms with Gasteiger partial charge >= 0.3 is 0 Å². The van der Waals surface area contributed by atoms with Gasteiger partial charge in [-0.1, -0.05) is 41.4 Å². The largest absolute Gasteiger partial charge is 0.353 e. The van der Waals surface area contributed by atoms with Crippen LogP contribution in [0.25, 0.3) is 10.9 Å². The lowest BCUT2D eigenvalue weighted by Crippen LogP contribution is -1.97. The van der Waals surface area contributed by atoms with Crippen LogP contribution < -0.4 is 5.32 Å². The molecule has 1 heterocycles. The summed E-state index contributed by atoms with van der Waals surface area (Å²) in [6, 6.07) is 14.9. The number of halogens is 2. The molecular formula is C16H9Cl2N3. The first-order valence-electron chi connectivity index (χ1n) is 6.19. The summed E-state index contributed by atoms with van der Waals surface area (Å²) in [6.45, 7) is 0. The average Bonchev–Trinajstić information content (AvgIpc) is 2.50. The summed E-state index contributed by atoms with van der Waals surface area (Å²) in [4.78, 5) is 4.27. The number of pyridine rings is 1. The van der Waals surface area contributed by atoms with Crippen molar-refractivity contribution in [1.82, 2.24) is 4.98 Å². The van der Waals surface area contributed by atoms with Crippen LogP contribution in [0.1, 0.15) is 5.56 Å². The number of aromatic nitrogens is 1. The summed E-state index contributed by atoms with van der Waals surface area (Å²) in [5.41, 5.74) is 2.64. The summed E-state index contributed by atoms with van der Waals surface area (Å²) >= 11 is 12.1. The number of para-hydroxylation sites is 1. The first kappa shape index (κ1) is 13.7. The zero-order valence-electron chi connectivity index (χ0n) is 10.8. The summed E-state index contributed by atoms with van der Waals surface area (Å²) < 4.78 is 0. The number of hydrogen-bond donors (Lipinski definition) is 1. The number of nitriles is 1. The molecule has 0 bridgehead atoms. The number of benzene rings is 2. The topological polar surface area (TPSA) is 48.7 Å². The van der Waals surface area contributed by atoms with Crippen molar-refractivity contribution >= 4 is 45.5 Å². The van der Waals surface area contributed by atoms with E-state index in [-0.39, 0.29) is 0 Å². The van der Waals surface area contributed by atoms with Gasteiger partial charge in [-0.25, -0.2) is 0 Å². The first-order chi connectivity index (χ1) is 10.2. The van der Waals surface area contributed by atoms with Gasteiger partial charge in [0.25, 0.3) is 0 Å². The van der Waals surface area contributed by atoms with Crippen molar-refractivity contribution < 1.29 is 0 Å². The normalized spacial score (nSPS) is 10.3. The van der Waals surface area contributed by atoms with Gasteiger partial charge in [-0.2, -0.15) is 5.26 Å². The second-order valence-corrected chi connectivity index (χ2v) is 5.27. The van der Waals surface area contributed by atoms with E-state index < -0.39 is 0 Å². The molecule has 2 aromatic carbocycles. The second-order valence-electron chi connectivity index (χ2n) is 4.42. The predicted molar refractivity (Wildman–Crippen MR) is 86.2 cm³/mol. The second kappa shape index (κ2) is 5.61. The maximum atomic E-state index is 9.29. The Morgan fingerprint density at radius 1 is 1.10 bits per heavy atom. The minimum absolute atomic E-state index is 0.458. The minimum atomic E-state index is 0.458. The Morgan fingerprint density at radius 2 is 1.90 bits per heavy atom. The van der Waals surface area contributed by atoms with Gasteiger partial charge < -0.3 is 5.32 Å². The Kier molecular flexibility index (Phi) is 3.66. The summed E-state index contributed by atoms with van der Waals surface area (Å²) in [7, 11) is 0. The van der Waals surface area contributed by atoms with Gasteiger partial charge in [-0.15, -0.1) is 0 Å². The van der Waals surface area contributed by atoms with Crippen molar-refractivity contribution in [3.63, 3.8) is 0 Å². The van der Waals surface area contributed by atoms with Crippen molar-refractivity contribution in [1.29, 1.82) is 5.26 Å². The minimum Gasteiger partial charge on any atom is -0.353 e. The van der Waals surface area contributed by atoms with Gasteiger partial charge in [0, 0.05) is 16.6 Å². The molecule has 5 heteroatoms. The lowest BCUT2D eigenvalue weighted by atomic mass is 10.1. The fourth-order valence-electron chi connectivity index (χ4n) is 2.09. The molecule has 0 unspecified atom stereocenters. The first-order valence-corrected chi connectivity index (χ1v) is 6.94. The molecule has 1 aromatic heterocycles. The number of rotatable bonds is 2. The van der Waals surface area contributed by atoms with Crippen LogP contribution in [0.4, 0.5) is 11.4 Å². The van der Waals surface area contributed by atoms with Crippen molar-refractivity contribution in [2.24, 2.45) is 0 Å². The van der Waals surface area contributed by atoms with Crippen molar-refractivity contribution in [3.8, 4) is 6.07 Å². The van der Waals surface area contributed by atoms with E-state index >= 15 is 0 Å². The van der Waals surface area contributed by atoms with Crippen LogP contribution >= 0.6 is 23.2 Å². The lowest BCUT2D eigenvalue weighted by Gasteiger charge is -2.12. The monoisotopic (exact) mass is 313 g/mol. The third-order valence-electron chi connectivity index (χ3n) is 3.09. The van der Waals surface area contributed by atoms with Gasteiger partial charge in [0.05, 0.1) is 27.5 Å². The van der Waals surface area contributed by atoms with E-state index in [1.54, 1.807) is 24.4 Å². The van der Waals surface area contributed by atoms with Crippen LogP contribution in [0, 0.1) is 11.3 Å². The number of fused-ring (bicyclic) bond motifs is 1. The standard InChI is InChI=1S/C16H9Cl2N3/c17-11-5-6-15(13(18)7-11)21-16-10(8-19)9-20-14-4-2-1-3-12(14)16/h1-7,9H,(H,20,21). The number of anilines is 2. The van der Waals surface area contributed by atoms with Crippen LogP contribution in [0.3, 0.4) is 0 Å². The van der Waals surface area contributed by atoms with E-state index in [0.29, 0.717) is 27.0 Å². The fraction of sp³-hybridized carbons (Fsp3) is 0. The molecular weight excluding hydrogens is 305 g/mol. The Bertz CT molecular complexity index is 869. The molecule has 21 heavy (non-hydrogen) atoms. The number of nitrogens with zero attached hydrogens (tertiary/aromatic N) is 2. The van der Waals surface area contributed by atoms with Crippen LogP contribution in [0.5, 0.6) is 0 Å². The van der Waals surface area contributed by atoms with E-state index in [2.05, 4.69) is 16.4 Å². The SMILES string of the molecule is N#Cc1cnc2ccccc2c1Nc1ccc(Cl)cc1Cl. The zero-order valence-corrected chi connectivity index (χ0v) is 12.3. The molecule has 0 saturated heterocycles. The van der Waals surface area contributed by atoms with Gasteiger partial charge in [0.2, 0.25) is 0 Å². The van der Waals surface area contributed by atoms with Crippen LogP contribution in [0.2, 0.25) is 10.0 Å². The molecule has 1 N–H and O–H groups in total. The van der Waals surface area contributed by atoms with Crippen LogP contribution in [-0.4, -0.2) is 4.98 Å². The average molecular weight is 314 g/mol. The van der Waals surface area contributed by atoms with Crippen LogP contribution in [-0.2, 0) is 0 Å². The number of hydrogen-bond acceptors (Lipinski definition) is 3. The third kappa shape index (κ3) is 2.64. The molecule has 0 amide bonds. The molecule has 0 radical (unpaired) electrons. The van der Waals surface area contributed by atoms with Crippen molar-refractivity contribution in [2.75, 3.05) is 5.32 Å². The van der Waals surface area contributed by atoms with E-state index in [9.17, 15) is 5.26 Å². The van der Waals surface area contributed by atoms with Gasteiger partial charge in [-0.05, 0) is 24.3 Å². The molecule has 0 aliphatic heterocycles. The van der Waals surface area contributed by atoms with E-state index in [1.807, 2.05) is 24.3 Å². The molecule has 3 rings (SSSR count). The zero-order chi connectivity index (χ0) is 14.8. The lowest BCUT2D eigenvalue weighted by molar-refractivity contribution is 1.36. The van der Waals surface area contributed by atoms with Crippen molar-refractivity contribution in [2.45, 2.75) is 0 Å². The molecule has 0 aliphatic carbocycles. The van der Waals surface area contributed by atoms with E-state index in [4.69, 9.17) is 23.2 Å². The van der Waals surface area contributed by atoms with Crippen LogP contribution in [0.15, 0.2) is 48.7 Å². The molecule has 102 valence electrons. The highest BCUT2D eigenvalue weighted by Gasteiger charge is 2.10. The molecule has 3 nitrogen and oxygen atoms in total.